The molecule has 3 atom stereocenters. The molecular weight excluding hydrogens is 246 g/mol. The fourth-order valence-electron chi connectivity index (χ4n) is 3.47. The average molecular weight is 275 g/mol. The Morgan fingerprint density at radius 3 is 2.75 bits per heavy atom. The lowest BCUT2D eigenvalue weighted by molar-refractivity contribution is 0.163. The van der Waals surface area contributed by atoms with Gasteiger partial charge in [-0.3, -0.25) is 4.90 Å². The van der Waals surface area contributed by atoms with Gasteiger partial charge in [-0.25, -0.2) is 0 Å². The maximum absolute atomic E-state index is 6.27. The van der Waals surface area contributed by atoms with Gasteiger partial charge in [0.15, 0.2) is 0 Å². The van der Waals surface area contributed by atoms with Crippen molar-refractivity contribution in [1.82, 2.24) is 9.80 Å². The molecule has 0 aliphatic carbocycles. The van der Waals surface area contributed by atoms with Crippen LogP contribution >= 0.6 is 0 Å². The predicted molar refractivity (Wildman–Crippen MR) is 85.9 cm³/mol. The average Bonchev–Trinajstić information content (AvgIpc) is 2.74. The molecule has 3 heteroatoms. The summed E-state index contributed by atoms with van der Waals surface area (Å²) in [5.74, 6) is 0. The van der Waals surface area contributed by atoms with Gasteiger partial charge in [0.05, 0.1) is 0 Å². The van der Waals surface area contributed by atoms with Crippen LogP contribution in [0.25, 0.3) is 0 Å². The molecule has 1 aromatic rings. The highest BCUT2D eigenvalue weighted by Gasteiger charge is 2.27. The third kappa shape index (κ3) is 3.60. The van der Waals surface area contributed by atoms with Gasteiger partial charge in [-0.2, -0.15) is 0 Å². The van der Waals surface area contributed by atoms with Gasteiger partial charge in [-0.05, 0) is 52.9 Å². The van der Waals surface area contributed by atoms with Crippen LogP contribution < -0.4 is 5.73 Å². The lowest BCUT2D eigenvalue weighted by Crippen LogP contribution is -2.43. The largest absolute Gasteiger partial charge is 0.326 e. The number of aryl methyl sites for hydroxylation is 1. The van der Waals surface area contributed by atoms with Crippen molar-refractivity contribution in [3.63, 3.8) is 0 Å². The minimum Gasteiger partial charge on any atom is -0.326 e. The number of likely N-dealkylation sites (N-methyl/N-ethyl adjacent to an activating group) is 2. The lowest BCUT2D eigenvalue weighted by atomic mass is 9.97. The van der Waals surface area contributed by atoms with Gasteiger partial charge < -0.3 is 10.6 Å². The van der Waals surface area contributed by atoms with Crippen LogP contribution in [0, 0.1) is 6.92 Å². The monoisotopic (exact) mass is 275 g/mol. The van der Waals surface area contributed by atoms with Gasteiger partial charge in [-0.1, -0.05) is 29.8 Å². The molecule has 0 aromatic heterocycles. The van der Waals surface area contributed by atoms with Crippen molar-refractivity contribution in [3.05, 3.63) is 35.4 Å². The summed E-state index contributed by atoms with van der Waals surface area (Å²) in [6, 6.07) is 9.85. The Balaban J connectivity index is 2.11. The molecule has 0 spiro atoms. The van der Waals surface area contributed by atoms with Crippen LogP contribution in [0.15, 0.2) is 24.3 Å². The Morgan fingerprint density at radius 2 is 2.20 bits per heavy atom. The maximum atomic E-state index is 6.27. The number of likely N-dealkylation sites (tertiary alicyclic amines) is 1. The molecule has 0 radical (unpaired) electrons. The highest BCUT2D eigenvalue weighted by atomic mass is 15.2. The van der Waals surface area contributed by atoms with Gasteiger partial charge >= 0.3 is 0 Å². The van der Waals surface area contributed by atoms with E-state index in [2.05, 4.69) is 62.0 Å². The van der Waals surface area contributed by atoms with Crippen LogP contribution in [0.5, 0.6) is 0 Å². The Hall–Kier alpha value is -0.900. The van der Waals surface area contributed by atoms with Crippen LogP contribution in [0.1, 0.15) is 36.9 Å². The summed E-state index contributed by atoms with van der Waals surface area (Å²) in [5.41, 5.74) is 8.91. The molecule has 1 fully saturated rings. The van der Waals surface area contributed by atoms with Crippen LogP contribution in [-0.4, -0.2) is 49.1 Å². The summed E-state index contributed by atoms with van der Waals surface area (Å²) in [5, 5.41) is 0. The molecule has 1 aliphatic rings. The number of hydrogen-bond acceptors (Lipinski definition) is 3. The predicted octanol–water partition coefficient (Wildman–Crippen LogP) is 2.41. The Labute approximate surface area is 123 Å². The van der Waals surface area contributed by atoms with Crippen molar-refractivity contribution in [2.45, 2.75) is 44.8 Å². The van der Waals surface area contributed by atoms with Crippen molar-refractivity contribution in [1.29, 1.82) is 0 Å². The van der Waals surface area contributed by atoms with Crippen molar-refractivity contribution in [3.8, 4) is 0 Å². The van der Waals surface area contributed by atoms with E-state index in [1.54, 1.807) is 0 Å². The summed E-state index contributed by atoms with van der Waals surface area (Å²) >= 11 is 0. The molecule has 1 heterocycles. The van der Waals surface area contributed by atoms with Crippen molar-refractivity contribution < 1.29 is 0 Å². The molecule has 0 amide bonds. The molecule has 0 bridgehead atoms. The molecule has 0 saturated carbocycles. The standard InChI is InChI=1S/C17H29N3/c1-13-7-5-8-15(11-13)17(14(2)18)20(4)12-16-9-6-10-19(16)3/h5,7-8,11,14,16-17H,6,9-10,12,18H2,1-4H3. The lowest BCUT2D eigenvalue weighted by Gasteiger charge is -2.35. The Kier molecular flexibility index (Phi) is 5.19. The first-order valence-electron chi connectivity index (χ1n) is 7.71. The molecule has 3 unspecified atom stereocenters. The molecule has 2 rings (SSSR count). The molecule has 112 valence electrons. The second kappa shape index (κ2) is 6.70. The van der Waals surface area contributed by atoms with Gasteiger partial charge in [0, 0.05) is 24.7 Å². The summed E-state index contributed by atoms with van der Waals surface area (Å²) < 4.78 is 0. The van der Waals surface area contributed by atoms with Gasteiger partial charge in [0.1, 0.15) is 0 Å². The number of hydrogen-bond donors (Lipinski definition) is 1. The van der Waals surface area contributed by atoms with E-state index in [1.165, 1.54) is 30.5 Å². The highest BCUT2D eigenvalue weighted by Crippen LogP contribution is 2.25. The zero-order valence-corrected chi connectivity index (χ0v) is 13.3. The third-order valence-electron chi connectivity index (χ3n) is 4.53. The molecular formula is C17H29N3. The number of rotatable bonds is 5. The van der Waals surface area contributed by atoms with Gasteiger partial charge in [0.2, 0.25) is 0 Å². The fourth-order valence-corrected chi connectivity index (χ4v) is 3.47. The van der Waals surface area contributed by atoms with E-state index in [1.807, 2.05) is 0 Å². The minimum atomic E-state index is 0.133. The topological polar surface area (TPSA) is 32.5 Å². The van der Waals surface area contributed by atoms with E-state index in [9.17, 15) is 0 Å². The van der Waals surface area contributed by atoms with Crippen LogP contribution in [0.4, 0.5) is 0 Å². The van der Waals surface area contributed by atoms with E-state index >= 15 is 0 Å². The first-order valence-corrected chi connectivity index (χ1v) is 7.71. The maximum Gasteiger partial charge on any atom is 0.0494 e. The molecule has 1 aliphatic heterocycles. The number of benzene rings is 1. The Bertz CT molecular complexity index is 430. The molecule has 20 heavy (non-hydrogen) atoms. The first-order chi connectivity index (χ1) is 9.49. The van der Waals surface area contributed by atoms with Crippen molar-refractivity contribution in [2.75, 3.05) is 27.2 Å². The minimum absolute atomic E-state index is 0.133. The number of nitrogens with zero attached hydrogens (tertiary/aromatic N) is 2. The zero-order chi connectivity index (χ0) is 14.7. The second-order valence-corrected chi connectivity index (χ2v) is 6.43. The fraction of sp³-hybridized carbons (Fsp3) is 0.647. The van der Waals surface area contributed by atoms with Gasteiger partial charge in [0.25, 0.3) is 0 Å². The Morgan fingerprint density at radius 1 is 1.45 bits per heavy atom. The first kappa shape index (κ1) is 15.5. The van der Waals surface area contributed by atoms with Crippen molar-refractivity contribution in [2.24, 2.45) is 5.73 Å². The zero-order valence-electron chi connectivity index (χ0n) is 13.3. The quantitative estimate of drug-likeness (QED) is 0.895. The SMILES string of the molecule is Cc1cccc(C(C(C)N)N(C)CC2CCCN2C)c1. The van der Waals surface area contributed by atoms with Crippen LogP contribution in [0.3, 0.4) is 0 Å². The van der Waals surface area contributed by atoms with E-state index < -0.39 is 0 Å². The van der Waals surface area contributed by atoms with E-state index in [-0.39, 0.29) is 6.04 Å². The van der Waals surface area contributed by atoms with Crippen LogP contribution in [0.2, 0.25) is 0 Å². The normalized spacial score (nSPS) is 23.2. The van der Waals surface area contributed by atoms with E-state index in [4.69, 9.17) is 5.73 Å². The van der Waals surface area contributed by atoms with E-state index in [0.29, 0.717) is 12.1 Å². The summed E-state index contributed by atoms with van der Waals surface area (Å²) in [4.78, 5) is 4.91. The summed E-state index contributed by atoms with van der Waals surface area (Å²) in [7, 11) is 4.45. The van der Waals surface area contributed by atoms with Crippen LogP contribution in [-0.2, 0) is 0 Å². The molecule has 2 N–H and O–H groups in total. The summed E-state index contributed by atoms with van der Waals surface area (Å²) in [6.07, 6.45) is 2.63. The second-order valence-electron chi connectivity index (χ2n) is 6.43. The van der Waals surface area contributed by atoms with E-state index in [0.717, 1.165) is 6.54 Å². The van der Waals surface area contributed by atoms with Gasteiger partial charge in [-0.15, -0.1) is 0 Å². The third-order valence-corrected chi connectivity index (χ3v) is 4.53. The molecule has 1 saturated heterocycles. The highest BCUT2D eigenvalue weighted by molar-refractivity contribution is 5.26. The molecule has 3 nitrogen and oxygen atoms in total. The summed E-state index contributed by atoms with van der Waals surface area (Å²) in [6.45, 7) is 6.58. The smallest absolute Gasteiger partial charge is 0.0494 e. The number of nitrogens with two attached hydrogens (primary N) is 1. The van der Waals surface area contributed by atoms with Crippen molar-refractivity contribution >= 4 is 0 Å². The molecule has 1 aromatic carbocycles.